The van der Waals surface area contributed by atoms with E-state index in [0.717, 1.165) is 13.0 Å². The van der Waals surface area contributed by atoms with Gasteiger partial charge in [-0.3, -0.25) is 4.79 Å². The van der Waals surface area contributed by atoms with Gasteiger partial charge >= 0.3 is 6.03 Å². The summed E-state index contributed by atoms with van der Waals surface area (Å²) in [7, 11) is 0. The molecule has 22 heavy (non-hydrogen) atoms. The van der Waals surface area contributed by atoms with E-state index in [1.165, 1.54) is 19.3 Å². The third-order valence-corrected chi connectivity index (χ3v) is 5.03. The van der Waals surface area contributed by atoms with Gasteiger partial charge in [-0.05, 0) is 24.7 Å². The highest BCUT2D eigenvalue weighted by Gasteiger charge is 2.42. The van der Waals surface area contributed by atoms with E-state index in [1.54, 1.807) is 0 Å². The van der Waals surface area contributed by atoms with Crippen LogP contribution in [0, 0.1) is 17.3 Å². The molecule has 3 amide bonds. The largest absolute Gasteiger partial charge is 0.354 e. The van der Waals surface area contributed by atoms with E-state index in [9.17, 15) is 9.59 Å². The van der Waals surface area contributed by atoms with Gasteiger partial charge in [0.15, 0.2) is 0 Å². The minimum Gasteiger partial charge on any atom is -0.354 e. The fourth-order valence-corrected chi connectivity index (χ4v) is 3.72. The molecule has 0 radical (unpaired) electrons. The molecular weight excluding hydrogens is 278 g/mol. The van der Waals surface area contributed by atoms with E-state index in [-0.39, 0.29) is 17.4 Å². The first kappa shape index (κ1) is 17.1. The standard InChI is InChI=1S/C17H31N3O2/c1-12-11-20(14-8-6-5-7-13(12)14)16(22)19-10-9-18-15(21)17(2,3)4/h12-14H,5-11H2,1-4H3,(H,18,21)(H,19,22)/t12-,13+,14-/m1/s1. The van der Waals surface area contributed by atoms with Gasteiger partial charge in [0.1, 0.15) is 0 Å². The van der Waals surface area contributed by atoms with Crippen molar-refractivity contribution in [3.8, 4) is 0 Å². The van der Waals surface area contributed by atoms with E-state index in [2.05, 4.69) is 17.6 Å². The van der Waals surface area contributed by atoms with Crippen molar-refractivity contribution in [3.05, 3.63) is 0 Å². The summed E-state index contributed by atoms with van der Waals surface area (Å²) < 4.78 is 0. The van der Waals surface area contributed by atoms with Crippen LogP contribution in [0.4, 0.5) is 4.79 Å². The number of carbonyl (C=O) groups excluding carboxylic acids is 2. The fourth-order valence-electron chi connectivity index (χ4n) is 3.72. The van der Waals surface area contributed by atoms with Crippen LogP contribution in [0.25, 0.3) is 0 Å². The van der Waals surface area contributed by atoms with E-state index in [1.807, 2.05) is 25.7 Å². The van der Waals surface area contributed by atoms with Crippen LogP contribution in [0.15, 0.2) is 0 Å². The second-order valence-corrected chi connectivity index (χ2v) is 7.88. The van der Waals surface area contributed by atoms with Crippen molar-refractivity contribution in [2.75, 3.05) is 19.6 Å². The zero-order valence-electron chi connectivity index (χ0n) is 14.4. The number of urea groups is 1. The molecule has 0 aromatic heterocycles. The molecule has 126 valence electrons. The fraction of sp³-hybridized carbons (Fsp3) is 0.882. The molecule has 0 aromatic carbocycles. The summed E-state index contributed by atoms with van der Waals surface area (Å²) in [5, 5.41) is 5.82. The summed E-state index contributed by atoms with van der Waals surface area (Å²) in [6.07, 6.45) is 4.94. The summed E-state index contributed by atoms with van der Waals surface area (Å²) in [5.74, 6) is 1.31. The van der Waals surface area contributed by atoms with Gasteiger partial charge in [0.25, 0.3) is 0 Å². The van der Waals surface area contributed by atoms with Gasteiger partial charge in [-0.1, -0.05) is 40.5 Å². The molecule has 0 unspecified atom stereocenters. The average Bonchev–Trinajstić information content (AvgIpc) is 2.80. The minimum absolute atomic E-state index is 0.0175. The van der Waals surface area contributed by atoms with Crippen molar-refractivity contribution in [2.24, 2.45) is 17.3 Å². The summed E-state index contributed by atoms with van der Waals surface area (Å²) in [5.41, 5.74) is -0.385. The third kappa shape index (κ3) is 3.93. The van der Waals surface area contributed by atoms with Crippen LogP contribution >= 0.6 is 0 Å². The van der Waals surface area contributed by atoms with Crippen LogP contribution in [-0.2, 0) is 4.79 Å². The van der Waals surface area contributed by atoms with Crippen LogP contribution in [0.3, 0.4) is 0 Å². The normalized spacial score (nSPS) is 28.2. The molecule has 1 saturated carbocycles. The van der Waals surface area contributed by atoms with Crippen LogP contribution in [0.1, 0.15) is 53.4 Å². The lowest BCUT2D eigenvalue weighted by Gasteiger charge is -2.32. The summed E-state index contributed by atoms with van der Waals surface area (Å²) >= 11 is 0. The highest BCUT2D eigenvalue weighted by molar-refractivity contribution is 5.81. The Kier molecular flexibility index (Phi) is 5.35. The van der Waals surface area contributed by atoms with E-state index in [0.29, 0.717) is 31.0 Å². The molecule has 0 bridgehead atoms. The number of likely N-dealkylation sites (tertiary alicyclic amines) is 1. The molecule has 2 fully saturated rings. The molecule has 5 nitrogen and oxygen atoms in total. The monoisotopic (exact) mass is 309 g/mol. The van der Waals surface area contributed by atoms with Gasteiger partial charge in [-0.2, -0.15) is 0 Å². The lowest BCUT2D eigenvalue weighted by molar-refractivity contribution is -0.128. The quantitative estimate of drug-likeness (QED) is 0.786. The van der Waals surface area contributed by atoms with Crippen LogP contribution < -0.4 is 10.6 Å². The predicted octanol–water partition coefficient (Wildman–Crippen LogP) is 2.37. The van der Waals surface area contributed by atoms with Crippen molar-refractivity contribution in [1.29, 1.82) is 0 Å². The van der Waals surface area contributed by atoms with Crippen molar-refractivity contribution in [3.63, 3.8) is 0 Å². The van der Waals surface area contributed by atoms with Crippen molar-refractivity contribution < 1.29 is 9.59 Å². The van der Waals surface area contributed by atoms with Crippen LogP contribution in [0.5, 0.6) is 0 Å². The SMILES string of the molecule is C[C@@H]1CN(C(=O)NCCNC(=O)C(C)(C)C)[C@@H]2CCCC[C@@H]12. The number of carbonyl (C=O) groups is 2. The summed E-state index contributed by atoms with van der Waals surface area (Å²) in [4.78, 5) is 26.2. The minimum atomic E-state index is -0.385. The molecule has 1 heterocycles. The maximum Gasteiger partial charge on any atom is 0.317 e. The maximum atomic E-state index is 12.4. The Bertz CT molecular complexity index is 417. The summed E-state index contributed by atoms with van der Waals surface area (Å²) in [6.45, 7) is 9.76. The smallest absolute Gasteiger partial charge is 0.317 e. The number of nitrogens with one attached hydrogen (secondary N) is 2. The Morgan fingerprint density at radius 3 is 2.41 bits per heavy atom. The Morgan fingerprint density at radius 2 is 1.73 bits per heavy atom. The molecule has 2 rings (SSSR count). The second kappa shape index (κ2) is 6.88. The molecule has 1 saturated heterocycles. The second-order valence-electron chi connectivity index (χ2n) is 7.88. The van der Waals surface area contributed by atoms with Crippen molar-refractivity contribution in [1.82, 2.24) is 15.5 Å². The molecular formula is C17H31N3O2. The summed E-state index contributed by atoms with van der Waals surface area (Å²) in [6, 6.07) is 0.458. The Morgan fingerprint density at radius 1 is 1.09 bits per heavy atom. The molecule has 0 spiro atoms. The van der Waals surface area contributed by atoms with Gasteiger partial charge in [0.2, 0.25) is 5.91 Å². The molecule has 2 aliphatic rings. The number of nitrogens with zero attached hydrogens (tertiary/aromatic N) is 1. The van der Waals surface area contributed by atoms with Gasteiger partial charge in [-0.15, -0.1) is 0 Å². The Balaban J connectivity index is 1.75. The molecule has 1 aliphatic heterocycles. The highest BCUT2D eigenvalue weighted by Crippen LogP contribution is 2.39. The van der Waals surface area contributed by atoms with Gasteiger partial charge in [0.05, 0.1) is 0 Å². The molecule has 0 aromatic rings. The Labute approximate surface area is 134 Å². The van der Waals surface area contributed by atoms with Gasteiger partial charge < -0.3 is 15.5 Å². The van der Waals surface area contributed by atoms with Crippen molar-refractivity contribution in [2.45, 2.75) is 59.4 Å². The lowest BCUT2D eigenvalue weighted by Crippen LogP contribution is -2.47. The number of hydrogen-bond donors (Lipinski definition) is 2. The number of rotatable bonds is 3. The first-order valence-corrected chi connectivity index (χ1v) is 8.63. The van der Waals surface area contributed by atoms with Crippen LogP contribution in [0.2, 0.25) is 0 Å². The van der Waals surface area contributed by atoms with Gasteiger partial charge in [-0.25, -0.2) is 4.79 Å². The highest BCUT2D eigenvalue weighted by atomic mass is 16.2. The predicted molar refractivity (Wildman–Crippen MR) is 87.5 cm³/mol. The zero-order valence-corrected chi connectivity index (χ0v) is 14.4. The van der Waals surface area contributed by atoms with E-state index in [4.69, 9.17) is 0 Å². The molecule has 5 heteroatoms. The first-order valence-electron chi connectivity index (χ1n) is 8.63. The third-order valence-electron chi connectivity index (χ3n) is 5.03. The Hall–Kier alpha value is -1.26. The number of fused-ring (bicyclic) bond motifs is 1. The number of hydrogen-bond acceptors (Lipinski definition) is 2. The van der Waals surface area contributed by atoms with E-state index >= 15 is 0 Å². The lowest BCUT2D eigenvalue weighted by atomic mass is 9.80. The average molecular weight is 309 g/mol. The van der Waals surface area contributed by atoms with Crippen molar-refractivity contribution >= 4 is 11.9 Å². The zero-order chi connectivity index (χ0) is 16.3. The molecule has 1 aliphatic carbocycles. The van der Waals surface area contributed by atoms with Crippen LogP contribution in [-0.4, -0.2) is 42.5 Å². The van der Waals surface area contributed by atoms with Gasteiger partial charge in [0, 0.05) is 31.1 Å². The molecule has 3 atom stereocenters. The maximum absolute atomic E-state index is 12.4. The number of amides is 3. The first-order chi connectivity index (χ1) is 10.3. The topological polar surface area (TPSA) is 61.4 Å². The van der Waals surface area contributed by atoms with E-state index < -0.39 is 0 Å². The molecule has 2 N–H and O–H groups in total.